The number of thioether (sulfide) groups is 1. The topological polar surface area (TPSA) is 83.3 Å². The molecule has 35 heavy (non-hydrogen) atoms. The van der Waals surface area contributed by atoms with Crippen LogP contribution >= 0.6 is 11.8 Å². The second-order valence-electron chi connectivity index (χ2n) is 8.09. The number of benzene rings is 2. The van der Waals surface area contributed by atoms with E-state index in [4.69, 9.17) is 4.74 Å². The monoisotopic (exact) mass is 479 g/mol. The molecule has 3 aromatic rings. The van der Waals surface area contributed by atoms with Gasteiger partial charge in [0.05, 0.1) is 23.8 Å². The summed E-state index contributed by atoms with van der Waals surface area (Å²) in [6, 6.07) is 26.6. The molecule has 3 heterocycles. The maximum absolute atomic E-state index is 13.6. The molecule has 2 aromatic carbocycles. The zero-order valence-corrected chi connectivity index (χ0v) is 19.5. The Balaban J connectivity index is 1.48. The summed E-state index contributed by atoms with van der Waals surface area (Å²) >= 11 is 1.52. The molecule has 0 unspecified atom stereocenters. The largest absolute Gasteiger partial charge is 0.448 e. The maximum atomic E-state index is 13.6. The van der Waals surface area contributed by atoms with Gasteiger partial charge in [0.15, 0.2) is 6.10 Å². The SMILES string of the molecule is N#CCC1=C(C(=O)OC(c2ccccc2)c2ccccc2)N2C(=O)/C(=C/c3ccccn3)[C@H]2SC1. The molecular weight excluding hydrogens is 458 g/mol. The Morgan fingerprint density at radius 3 is 2.34 bits per heavy atom. The van der Waals surface area contributed by atoms with Gasteiger partial charge < -0.3 is 4.74 Å². The number of carbonyl (C=O) groups excluding carboxylic acids is 2. The van der Waals surface area contributed by atoms with Gasteiger partial charge >= 0.3 is 5.97 Å². The highest BCUT2D eigenvalue weighted by atomic mass is 32.2. The molecule has 1 aromatic heterocycles. The second-order valence-corrected chi connectivity index (χ2v) is 9.16. The van der Waals surface area contributed by atoms with Crippen LogP contribution in [0.25, 0.3) is 6.08 Å². The Kier molecular flexibility index (Phi) is 6.47. The van der Waals surface area contributed by atoms with Crippen LogP contribution in [0.2, 0.25) is 0 Å². The third-order valence-electron chi connectivity index (χ3n) is 5.86. The number of rotatable bonds is 6. The van der Waals surface area contributed by atoms with E-state index in [1.54, 1.807) is 12.3 Å². The molecule has 0 aliphatic carbocycles. The van der Waals surface area contributed by atoms with Crippen molar-refractivity contribution in [1.29, 1.82) is 5.26 Å². The van der Waals surface area contributed by atoms with Gasteiger partial charge in [-0.25, -0.2) is 4.79 Å². The smallest absolute Gasteiger partial charge is 0.356 e. The normalized spacial score (nSPS) is 18.2. The van der Waals surface area contributed by atoms with E-state index in [0.29, 0.717) is 22.6 Å². The van der Waals surface area contributed by atoms with Gasteiger partial charge in [-0.1, -0.05) is 66.7 Å². The highest BCUT2D eigenvalue weighted by molar-refractivity contribution is 8.00. The standard InChI is InChI=1S/C28H21N3O3S/c29-15-14-21-18-35-27-23(17-22-13-7-8-16-30-22)26(32)31(27)24(21)28(33)34-25(19-9-3-1-4-10-19)20-11-5-2-6-12-20/h1-13,16-17,25,27H,14,18H2/b23-17-/t27-/m1/s1. The van der Waals surface area contributed by atoms with Crippen molar-refractivity contribution in [3.05, 3.63) is 119 Å². The lowest BCUT2D eigenvalue weighted by Crippen LogP contribution is -2.56. The number of nitriles is 1. The van der Waals surface area contributed by atoms with Crippen LogP contribution in [0.1, 0.15) is 29.3 Å². The average molecular weight is 480 g/mol. The van der Waals surface area contributed by atoms with Crippen LogP contribution in [0.5, 0.6) is 0 Å². The first-order chi connectivity index (χ1) is 17.2. The first-order valence-electron chi connectivity index (χ1n) is 11.1. The number of fused-ring (bicyclic) bond motifs is 1. The molecule has 6 nitrogen and oxygen atoms in total. The molecule has 5 rings (SSSR count). The third kappa shape index (κ3) is 4.48. The van der Waals surface area contributed by atoms with Crippen molar-refractivity contribution in [3.8, 4) is 6.07 Å². The number of pyridine rings is 1. The molecular formula is C28H21N3O3S. The first-order valence-corrected chi connectivity index (χ1v) is 12.2. The van der Waals surface area contributed by atoms with Crippen LogP contribution in [0.4, 0.5) is 0 Å². The van der Waals surface area contributed by atoms with Crippen LogP contribution in [0.15, 0.2) is 102 Å². The van der Waals surface area contributed by atoms with Crippen molar-refractivity contribution in [3.63, 3.8) is 0 Å². The molecule has 2 aliphatic rings. The summed E-state index contributed by atoms with van der Waals surface area (Å²) < 4.78 is 6.05. The van der Waals surface area contributed by atoms with E-state index < -0.39 is 12.1 Å². The fourth-order valence-corrected chi connectivity index (χ4v) is 5.50. The number of nitrogens with zero attached hydrogens (tertiary/aromatic N) is 3. The Bertz CT molecular complexity index is 1310. The number of esters is 1. The quantitative estimate of drug-likeness (QED) is 0.285. The van der Waals surface area contributed by atoms with Crippen molar-refractivity contribution in [2.75, 3.05) is 5.75 Å². The molecule has 1 saturated heterocycles. The highest BCUT2D eigenvalue weighted by Gasteiger charge is 2.50. The minimum Gasteiger partial charge on any atom is -0.448 e. The van der Waals surface area contributed by atoms with Crippen molar-refractivity contribution >= 4 is 29.7 Å². The van der Waals surface area contributed by atoms with E-state index in [9.17, 15) is 14.9 Å². The van der Waals surface area contributed by atoms with Gasteiger partial charge in [-0.2, -0.15) is 5.26 Å². The zero-order chi connectivity index (χ0) is 24.2. The predicted octanol–water partition coefficient (Wildman–Crippen LogP) is 4.88. The van der Waals surface area contributed by atoms with Crippen molar-refractivity contribution in [1.82, 2.24) is 9.88 Å². The Morgan fingerprint density at radius 1 is 1.09 bits per heavy atom. The number of ether oxygens (including phenoxy) is 1. The van der Waals surface area contributed by atoms with Gasteiger partial charge in [-0.3, -0.25) is 14.7 Å². The zero-order valence-electron chi connectivity index (χ0n) is 18.7. The Hall–Kier alpha value is -4.15. The van der Waals surface area contributed by atoms with Crippen molar-refractivity contribution in [2.45, 2.75) is 17.9 Å². The molecule has 0 N–H and O–H groups in total. The molecule has 7 heteroatoms. The number of carbonyl (C=O) groups is 2. The van der Waals surface area contributed by atoms with E-state index in [2.05, 4.69) is 11.1 Å². The molecule has 1 atom stereocenters. The van der Waals surface area contributed by atoms with Crippen LogP contribution in [-0.4, -0.2) is 32.9 Å². The number of aromatic nitrogens is 1. The summed E-state index contributed by atoms with van der Waals surface area (Å²) in [4.78, 5) is 32.5. The summed E-state index contributed by atoms with van der Waals surface area (Å²) in [5, 5.41) is 9.05. The average Bonchev–Trinajstić information content (AvgIpc) is 2.91. The molecule has 0 bridgehead atoms. The molecule has 1 amide bonds. The second kappa shape index (κ2) is 10.00. The van der Waals surface area contributed by atoms with Gasteiger partial charge in [-0.15, -0.1) is 11.8 Å². The summed E-state index contributed by atoms with van der Waals surface area (Å²) in [5.41, 5.74) is 3.68. The number of β-lactam (4-membered cyclic amide) rings is 1. The highest BCUT2D eigenvalue weighted by Crippen LogP contribution is 2.45. The Labute approximate surface area is 207 Å². The van der Waals surface area contributed by atoms with Gasteiger partial charge in [-0.05, 0) is 34.9 Å². The summed E-state index contributed by atoms with van der Waals surface area (Å²) in [6.07, 6.45) is 2.83. The van der Waals surface area contributed by atoms with Crippen LogP contribution in [-0.2, 0) is 14.3 Å². The number of hydrogen-bond donors (Lipinski definition) is 0. The fourth-order valence-electron chi connectivity index (χ4n) is 4.20. The molecule has 172 valence electrons. The van der Waals surface area contributed by atoms with Gasteiger partial charge in [0.25, 0.3) is 5.91 Å². The lowest BCUT2D eigenvalue weighted by Gasteiger charge is -2.46. The van der Waals surface area contributed by atoms with E-state index in [-0.39, 0.29) is 23.4 Å². The summed E-state index contributed by atoms with van der Waals surface area (Å²) in [7, 11) is 0. The van der Waals surface area contributed by atoms with Gasteiger partial charge in [0.1, 0.15) is 11.1 Å². The third-order valence-corrected chi connectivity index (χ3v) is 7.16. The first kappa shape index (κ1) is 22.6. The van der Waals surface area contributed by atoms with E-state index in [1.807, 2.05) is 78.9 Å². The maximum Gasteiger partial charge on any atom is 0.356 e. The lowest BCUT2D eigenvalue weighted by molar-refractivity contribution is -0.149. The van der Waals surface area contributed by atoms with Gasteiger partial charge in [0.2, 0.25) is 0 Å². The van der Waals surface area contributed by atoms with Crippen molar-refractivity contribution < 1.29 is 14.3 Å². The molecule has 0 radical (unpaired) electrons. The molecule has 1 fully saturated rings. The van der Waals surface area contributed by atoms with Crippen LogP contribution in [0, 0.1) is 11.3 Å². The number of hydrogen-bond acceptors (Lipinski definition) is 6. The lowest BCUT2D eigenvalue weighted by atomic mass is 9.99. The summed E-state index contributed by atoms with van der Waals surface area (Å²) in [6.45, 7) is 0. The minimum atomic E-state index is -0.645. The molecule has 2 aliphatic heterocycles. The fraction of sp³-hybridized carbons (Fsp3) is 0.143. The van der Waals surface area contributed by atoms with E-state index >= 15 is 0 Å². The summed E-state index contributed by atoms with van der Waals surface area (Å²) in [5.74, 6) is -0.414. The number of amides is 1. The van der Waals surface area contributed by atoms with Crippen LogP contribution in [0.3, 0.4) is 0 Å². The minimum absolute atomic E-state index is 0.0502. The molecule has 0 spiro atoms. The van der Waals surface area contributed by atoms with Gasteiger partial charge in [0, 0.05) is 11.9 Å². The van der Waals surface area contributed by atoms with Crippen LogP contribution < -0.4 is 0 Å². The molecule has 0 saturated carbocycles. The predicted molar refractivity (Wildman–Crippen MR) is 133 cm³/mol. The Morgan fingerprint density at radius 2 is 1.74 bits per heavy atom. The van der Waals surface area contributed by atoms with E-state index in [1.165, 1.54) is 16.7 Å². The van der Waals surface area contributed by atoms with E-state index in [0.717, 1.165) is 11.1 Å². The van der Waals surface area contributed by atoms with Crippen molar-refractivity contribution in [2.24, 2.45) is 0 Å².